The van der Waals surface area contributed by atoms with Crippen LogP contribution in [0, 0.1) is 6.92 Å². The first-order chi connectivity index (χ1) is 9.90. The summed E-state index contributed by atoms with van der Waals surface area (Å²) in [4.78, 5) is 23.2. The highest BCUT2D eigenvalue weighted by Crippen LogP contribution is 2.23. The molecule has 21 heavy (non-hydrogen) atoms. The number of halogens is 2. The summed E-state index contributed by atoms with van der Waals surface area (Å²) in [6.45, 7) is -0.252. The summed E-state index contributed by atoms with van der Waals surface area (Å²) < 4.78 is 30.4. The molecule has 0 unspecified atom stereocenters. The standard InChI is InChI=1S/C14H12F2N2O3/c1-8-7-18(17-12(9(2)19)13(8)20)10-5-3-4-6-11(10)21-14(15)16/h3-7,14H,1-2H3. The van der Waals surface area contributed by atoms with Crippen molar-refractivity contribution in [2.45, 2.75) is 20.5 Å². The zero-order valence-corrected chi connectivity index (χ0v) is 11.3. The number of rotatable bonds is 4. The van der Waals surface area contributed by atoms with Gasteiger partial charge in [-0.05, 0) is 19.1 Å². The van der Waals surface area contributed by atoms with Crippen LogP contribution in [-0.2, 0) is 0 Å². The molecule has 5 nitrogen and oxygen atoms in total. The number of hydrogen-bond donors (Lipinski definition) is 0. The Morgan fingerprint density at radius 1 is 1.33 bits per heavy atom. The third-order valence-corrected chi connectivity index (χ3v) is 2.76. The SMILES string of the molecule is CC(=O)c1nn(-c2ccccc2OC(F)F)cc(C)c1=O. The first-order valence-electron chi connectivity index (χ1n) is 6.06. The lowest BCUT2D eigenvalue weighted by molar-refractivity contribution is -0.0499. The van der Waals surface area contributed by atoms with Crippen molar-refractivity contribution in [1.82, 2.24) is 9.78 Å². The second kappa shape index (κ2) is 5.82. The van der Waals surface area contributed by atoms with Gasteiger partial charge in [0.2, 0.25) is 5.43 Å². The maximum atomic E-state index is 12.4. The molecule has 0 aliphatic carbocycles. The maximum Gasteiger partial charge on any atom is 0.387 e. The Labute approximate surface area is 118 Å². The van der Waals surface area contributed by atoms with Crippen molar-refractivity contribution >= 4 is 5.78 Å². The van der Waals surface area contributed by atoms with Gasteiger partial charge in [-0.15, -0.1) is 0 Å². The largest absolute Gasteiger partial charge is 0.433 e. The Bertz CT molecular complexity index is 741. The molecule has 2 aromatic rings. The molecule has 0 saturated carbocycles. The van der Waals surface area contributed by atoms with Gasteiger partial charge in [-0.2, -0.15) is 13.9 Å². The minimum absolute atomic E-state index is 0.0995. The van der Waals surface area contributed by atoms with Gasteiger partial charge in [-0.25, -0.2) is 4.68 Å². The van der Waals surface area contributed by atoms with Gasteiger partial charge in [-0.1, -0.05) is 12.1 Å². The van der Waals surface area contributed by atoms with Crippen LogP contribution < -0.4 is 10.2 Å². The fourth-order valence-corrected chi connectivity index (χ4v) is 1.81. The number of ether oxygens (including phenoxy) is 1. The lowest BCUT2D eigenvalue weighted by Gasteiger charge is -2.13. The third kappa shape index (κ3) is 3.13. The predicted molar refractivity (Wildman–Crippen MR) is 71.2 cm³/mol. The molecule has 0 aliphatic rings. The minimum atomic E-state index is -2.99. The monoisotopic (exact) mass is 294 g/mol. The number of aromatic nitrogens is 2. The van der Waals surface area contributed by atoms with Crippen LogP contribution in [0.25, 0.3) is 5.69 Å². The Kier molecular flexibility index (Phi) is 4.11. The molecule has 0 amide bonds. The molecule has 1 aromatic carbocycles. The van der Waals surface area contributed by atoms with Crippen LogP contribution in [-0.4, -0.2) is 22.2 Å². The molecule has 0 aliphatic heterocycles. The van der Waals surface area contributed by atoms with Gasteiger partial charge in [-0.3, -0.25) is 9.59 Å². The van der Waals surface area contributed by atoms with Gasteiger partial charge in [0, 0.05) is 18.7 Å². The average Bonchev–Trinajstić information content (AvgIpc) is 2.41. The third-order valence-electron chi connectivity index (χ3n) is 2.76. The van der Waals surface area contributed by atoms with Crippen molar-refractivity contribution in [1.29, 1.82) is 0 Å². The molecular weight excluding hydrogens is 282 g/mol. The van der Waals surface area contributed by atoms with Crippen LogP contribution in [0.15, 0.2) is 35.3 Å². The van der Waals surface area contributed by atoms with Gasteiger partial charge >= 0.3 is 6.61 Å². The number of Topliss-reactive ketones (excluding diaryl/α,β-unsaturated/α-hetero) is 1. The van der Waals surface area contributed by atoms with E-state index in [1.807, 2.05) is 0 Å². The zero-order chi connectivity index (χ0) is 15.6. The number of alkyl halides is 2. The highest BCUT2D eigenvalue weighted by molar-refractivity contribution is 5.91. The summed E-state index contributed by atoms with van der Waals surface area (Å²) in [7, 11) is 0. The molecule has 0 atom stereocenters. The van der Waals surface area contributed by atoms with Crippen LogP contribution in [0.3, 0.4) is 0 Å². The number of ketones is 1. The van der Waals surface area contributed by atoms with Gasteiger partial charge in [0.25, 0.3) is 0 Å². The number of para-hydroxylation sites is 2. The van der Waals surface area contributed by atoms with Gasteiger partial charge < -0.3 is 4.74 Å². The van der Waals surface area contributed by atoms with Crippen molar-refractivity contribution in [3.8, 4) is 11.4 Å². The highest BCUT2D eigenvalue weighted by Gasteiger charge is 2.15. The molecule has 1 heterocycles. The molecule has 0 saturated heterocycles. The average molecular weight is 294 g/mol. The molecule has 0 spiro atoms. The van der Waals surface area contributed by atoms with Crippen LogP contribution in [0.2, 0.25) is 0 Å². The summed E-state index contributed by atoms with van der Waals surface area (Å²) >= 11 is 0. The van der Waals surface area contributed by atoms with Crippen LogP contribution in [0.1, 0.15) is 23.0 Å². The molecule has 110 valence electrons. The number of carbonyl (C=O) groups excluding carboxylic acids is 1. The van der Waals surface area contributed by atoms with E-state index in [9.17, 15) is 18.4 Å². The van der Waals surface area contributed by atoms with Crippen LogP contribution >= 0.6 is 0 Å². The van der Waals surface area contributed by atoms with Crippen LogP contribution in [0.5, 0.6) is 5.75 Å². The van der Waals surface area contributed by atoms with E-state index in [1.165, 1.54) is 42.9 Å². The Balaban J connectivity index is 2.63. The normalized spacial score (nSPS) is 10.7. The molecule has 7 heteroatoms. The predicted octanol–water partition coefficient (Wildman–Crippen LogP) is 2.34. The second-order valence-corrected chi connectivity index (χ2v) is 4.34. The van der Waals surface area contributed by atoms with Crippen molar-refractivity contribution in [3.63, 3.8) is 0 Å². The fourth-order valence-electron chi connectivity index (χ4n) is 1.81. The number of hydrogen-bond acceptors (Lipinski definition) is 4. The van der Waals surface area contributed by atoms with Crippen molar-refractivity contribution in [3.05, 3.63) is 51.9 Å². The van der Waals surface area contributed by atoms with E-state index in [0.29, 0.717) is 0 Å². The Hall–Kier alpha value is -2.57. The molecular formula is C14H12F2N2O3. The maximum absolute atomic E-state index is 12.4. The first-order valence-corrected chi connectivity index (χ1v) is 6.06. The zero-order valence-electron chi connectivity index (χ0n) is 11.3. The van der Waals surface area contributed by atoms with E-state index in [-0.39, 0.29) is 22.7 Å². The number of carbonyl (C=O) groups is 1. The van der Waals surface area contributed by atoms with E-state index >= 15 is 0 Å². The van der Waals surface area contributed by atoms with Gasteiger partial charge in [0.05, 0.1) is 0 Å². The lowest BCUT2D eigenvalue weighted by Crippen LogP contribution is -2.22. The van der Waals surface area contributed by atoms with E-state index < -0.39 is 17.8 Å². The number of aryl methyl sites for hydroxylation is 1. The van der Waals surface area contributed by atoms with Crippen LogP contribution in [0.4, 0.5) is 8.78 Å². The number of nitrogens with zero attached hydrogens (tertiary/aromatic N) is 2. The lowest BCUT2D eigenvalue weighted by atomic mass is 10.2. The second-order valence-electron chi connectivity index (χ2n) is 4.34. The van der Waals surface area contributed by atoms with E-state index in [1.54, 1.807) is 6.07 Å². The summed E-state index contributed by atoms with van der Waals surface area (Å²) in [5.74, 6) is -0.595. The van der Waals surface area contributed by atoms with Gasteiger partial charge in [0.1, 0.15) is 5.69 Å². The molecule has 2 rings (SSSR count). The minimum Gasteiger partial charge on any atom is -0.433 e. The quantitative estimate of drug-likeness (QED) is 0.812. The van der Waals surface area contributed by atoms with E-state index in [2.05, 4.69) is 9.84 Å². The highest BCUT2D eigenvalue weighted by atomic mass is 19.3. The smallest absolute Gasteiger partial charge is 0.387 e. The Morgan fingerprint density at radius 2 is 2.00 bits per heavy atom. The van der Waals surface area contributed by atoms with Gasteiger partial charge in [0.15, 0.2) is 17.2 Å². The summed E-state index contributed by atoms with van der Waals surface area (Å²) in [5, 5.41) is 3.90. The molecule has 0 radical (unpaired) electrons. The summed E-state index contributed by atoms with van der Waals surface area (Å²) in [6, 6.07) is 5.99. The van der Waals surface area contributed by atoms with E-state index in [4.69, 9.17) is 0 Å². The first kappa shape index (κ1) is 14.8. The van der Waals surface area contributed by atoms with Crippen molar-refractivity contribution < 1.29 is 18.3 Å². The fraction of sp³-hybridized carbons (Fsp3) is 0.214. The molecule has 0 N–H and O–H groups in total. The summed E-state index contributed by atoms with van der Waals surface area (Å²) in [5.41, 5.74) is -0.238. The molecule has 0 bridgehead atoms. The van der Waals surface area contributed by atoms with E-state index in [0.717, 1.165) is 0 Å². The summed E-state index contributed by atoms with van der Waals surface area (Å²) in [6.07, 6.45) is 1.36. The molecule has 0 fully saturated rings. The van der Waals surface area contributed by atoms with Crippen molar-refractivity contribution in [2.24, 2.45) is 0 Å². The Morgan fingerprint density at radius 3 is 2.62 bits per heavy atom. The number of benzene rings is 1. The molecule has 1 aromatic heterocycles. The topological polar surface area (TPSA) is 61.2 Å². The van der Waals surface area contributed by atoms with Crippen molar-refractivity contribution in [2.75, 3.05) is 0 Å².